The van der Waals surface area contributed by atoms with Crippen molar-refractivity contribution in [3.05, 3.63) is 42.9 Å². The topological polar surface area (TPSA) is 83.9 Å². The Kier molecular flexibility index (Phi) is 5.48. The van der Waals surface area contributed by atoms with E-state index >= 15 is 0 Å². The second kappa shape index (κ2) is 8.35. The highest BCUT2D eigenvalue weighted by atomic mass is 19.1. The van der Waals surface area contributed by atoms with Crippen molar-refractivity contribution in [1.29, 1.82) is 0 Å². The highest BCUT2D eigenvalue weighted by Crippen LogP contribution is 2.23. The van der Waals surface area contributed by atoms with Crippen molar-refractivity contribution in [3.8, 4) is 11.3 Å². The Morgan fingerprint density at radius 2 is 2.04 bits per heavy atom. The summed E-state index contributed by atoms with van der Waals surface area (Å²) in [6, 6.07) is 7.57. The number of benzene rings is 1. The third-order valence-corrected chi connectivity index (χ3v) is 5.05. The average Bonchev–Trinajstić information content (AvgIpc) is 2.74. The maximum Gasteiger partial charge on any atom is 0.228 e. The molecule has 1 saturated heterocycles. The van der Waals surface area contributed by atoms with Crippen molar-refractivity contribution < 1.29 is 9.18 Å². The van der Waals surface area contributed by atoms with E-state index in [9.17, 15) is 9.18 Å². The van der Waals surface area contributed by atoms with Crippen LogP contribution in [0, 0.1) is 5.92 Å². The van der Waals surface area contributed by atoms with E-state index in [4.69, 9.17) is 0 Å². The van der Waals surface area contributed by atoms with Crippen LogP contribution in [0.3, 0.4) is 0 Å². The minimum absolute atomic E-state index is 0.0568. The Bertz CT molecular complexity index is 959. The lowest BCUT2D eigenvalue weighted by Crippen LogP contribution is -2.39. The zero-order chi connectivity index (χ0) is 19.3. The predicted molar refractivity (Wildman–Crippen MR) is 104 cm³/mol. The number of halogens is 1. The Balaban J connectivity index is 1.47. The number of rotatable bonds is 5. The first-order valence-electron chi connectivity index (χ1n) is 9.36. The molecule has 2 aromatic heterocycles. The second-order valence-corrected chi connectivity index (χ2v) is 6.89. The maximum absolute atomic E-state index is 12.6. The van der Waals surface area contributed by atoms with Crippen LogP contribution in [0.1, 0.15) is 12.8 Å². The van der Waals surface area contributed by atoms with E-state index in [0.717, 1.165) is 48.1 Å². The van der Waals surface area contributed by atoms with Crippen LogP contribution >= 0.6 is 0 Å². The number of hydrogen-bond acceptors (Lipinski definition) is 6. The fourth-order valence-electron chi connectivity index (χ4n) is 3.48. The first-order chi connectivity index (χ1) is 13.7. The number of amides is 1. The number of nitrogens with one attached hydrogen (secondary N) is 1. The Labute approximate surface area is 162 Å². The number of fused-ring (bicyclic) bond motifs is 1. The normalized spacial score (nSPS) is 15.6. The van der Waals surface area contributed by atoms with Gasteiger partial charge in [0.15, 0.2) is 5.82 Å². The maximum atomic E-state index is 12.6. The van der Waals surface area contributed by atoms with E-state index in [0.29, 0.717) is 12.4 Å². The third-order valence-electron chi connectivity index (χ3n) is 5.05. The number of carbonyl (C=O) groups is 1. The van der Waals surface area contributed by atoms with Gasteiger partial charge in [0, 0.05) is 35.8 Å². The molecule has 144 valence electrons. The molecule has 0 radical (unpaired) electrons. The van der Waals surface area contributed by atoms with Crippen molar-refractivity contribution in [3.63, 3.8) is 0 Å². The summed E-state index contributed by atoms with van der Waals surface area (Å²) in [4.78, 5) is 23.0. The third kappa shape index (κ3) is 4.12. The SMILES string of the molecule is O=C(Nc1cc2cc(-c3cnccn3)ccc2nn1)C1CCN(CCF)CC1. The zero-order valence-corrected chi connectivity index (χ0v) is 15.4. The molecule has 1 aromatic carbocycles. The molecule has 7 nitrogen and oxygen atoms in total. The van der Waals surface area contributed by atoms with Crippen molar-refractivity contribution in [2.75, 3.05) is 31.6 Å². The molecule has 1 aliphatic rings. The van der Waals surface area contributed by atoms with Gasteiger partial charge in [-0.05, 0) is 44.1 Å². The molecule has 3 heterocycles. The van der Waals surface area contributed by atoms with Gasteiger partial charge in [-0.1, -0.05) is 6.07 Å². The summed E-state index contributed by atoms with van der Waals surface area (Å²) >= 11 is 0. The van der Waals surface area contributed by atoms with Gasteiger partial charge in [-0.15, -0.1) is 10.2 Å². The molecule has 0 saturated carbocycles. The monoisotopic (exact) mass is 380 g/mol. The molecule has 0 bridgehead atoms. The van der Waals surface area contributed by atoms with Gasteiger partial charge in [0.2, 0.25) is 5.91 Å². The van der Waals surface area contributed by atoms with Gasteiger partial charge in [-0.3, -0.25) is 14.8 Å². The van der Waals surface area contributed by atoms with Crippen LogP contribution in [0.25, 0.3) is 22.2 Å². The predicted octanol–water partition coefficient (Wildman–Crippen LogP) is 2.71. The lowest BCUT2D eigenvalue weighted by Gasteiger charge is -2.30. The fourth-order valence-corrected chi connectivity index (χ4v) is 3.48. The summed E-state index contributed by atoms with van der Waals surface area (Å²) in [7, 11) is 0. The molecule has 3 aromatic rings. The lowest BCUT2D eigenvalue weighted by molar-refractivity contribution is -0.121. The van der Waals surface area contributed by atoms with Crippen molar-refractivity contribution in [2.24, 2.45) is 5.92 Å². The van der Waals surface area contributed by atoms with E-state index in [-0.39, 0.29) is 18.5 Å². The summed E-state index contributed by atoms with van der Waals surface area (Å²) in [5.74, 6) is 0.290. The first kappa shape index (κ1) is 18.4. The number of nitrogens with zero attached hydrogens (tertiary/aromatic N) is 5. The molecule has 0 spiro atoms. The molecule has 1 aliphatic heterocycles. The molecule has 8 heteroatoms. The van der Waals surface area contributed by atoms with Crippen LogP contribution in [-0.4, -0.2) is 57.3 Å². The summed E-state index contributed by atoms with van der Waals surface area (Å²) in [5.41, 5.74) is 2.43. The molecule has 4 rings (SSSR count). The fraction of sp³-hybridized carbons (Fsp3) is 0.350. The lowest BCUT2D eigenvalue weighted by atomic mass is 9.96. The minimum Gasteiger partial charge on any atom is -0.309 e. The summed E-state index contributed by atoms with van der Waals surface area (Å²) in [6.45, 7) is 1.58. The average molecular weight is 380 g/mol. The molecule has 0 unspecified atom stereocenters. The van der Waals surface area contributed by atoms with Crippen LogP contribution in [-0.2, 0) is 4.79 Å². The van der Waals surface area contributed by atoms with E-state index < -0.39 is 0 Å². The summed E-state index contributed by atoms with van der Waals surface area (Å²) in [6.07, 6.45) is 6.43. The molecule has 0 atom stereocenters. The van der Waals surface area contributed by atoms with Gasteiger partial charge in [0.25, 0.3) is 0 Å². The smallest absolute Gasteiger partial charge is 0.228 e. The van der Waals surface area contributed by atoms with E-state index in [2.05, 4.69) is 25.5 Å². The van der Waals surface area contributed by atoms with Crippen molar-refractivity contribution in [2.45, 2.75) is 12.8 Å². The van der Waals surface area contributed by atoms with Crippen LogP contribution < -0.4 is 5.32 Å². The minimum atomic E-state index is -0.347. The number of aromatic nitrogens is 4. The number of anilines is 1. The zero-order valence-electron chi connectivity index (χ0n) is 15.4. The van der Waals surface area contributed by atoms with Crippen LogP contribution in [0.4, 0.5) is 10.2 Å². The van der Waals surface area contributed by atoms with Gasteiger partial charge in [-0.2, -0.15) is 0 Å². The molecule has 0 aliphatic carbocycles. The number of carbonyl (C=O) groups excluding carboxylic acids is 1. The second-order valence-electron chi connectivity index (χ2n) is 6.89. The van der Waals surface area contributed by atoms with Gasteiger partial charge in [-0.25, -0.2) is 4.39 Å². The summed E-state index contributed by atoms with van der Waals surface area (Å²) in [5, 5.41) is 12.1. The van der Waals surface area contributed by atoms with Crippen molar-refractivity contribution in [1.82, 2.24) is 25.1 Å². The largest absolute Gasteiger partial charge is 0.309 e. The van der Waals surface area contributed by atoms with Gasteiger partial charge in [0.1, 0.15) is 6.67 Å². The number of hydrogen-bond donors (Lipinski definition) is 1. The van der Waals surface area contributed by atoms with Crippen LogP contribution in [0.5, 0.6) is 0 Å². The number of alkyl halides is 1. The molecular weight excluding hydrogens is 359 g/mol. The number of likely N-dealkylation sites (tertiary alicyclic amines) is 1. The standard InChI is InChI=1S/C20H21FN6O/c21-5-10-27-8-3-14(4-9-27)20(28)24-19-12-16-11-15(1-2-17(16)25-26-19)18-13-22-6-7-23-18/h1-2,6-7,11-14H,3-5,8-10H2,(H,24,26,28). The van der Waals surface area contributed by atoms with Gasteiger partial charge < -0.3 is 10.2 Å². The molecule has 1 amide bonds. The molecule has 28 heavy (non-hydrogen) atoms. The summed E-state index contributed by atoms with van der Waals surface area (Å²) < 4.78 is 12.4. The van der Waals surface area contributed by atoms with Gasteiger partial charge >= 0.3 is 0 Å². The van der Waals surface area contributed by atoms with E-state index in [1.54, 1.807) is 18.6 Å². The molecular formula is C20H21FN6O. The van der Waals surface area contributed by atoms with Crippen molar-refractivity contribution >= 4 is 22.6 Å². The first-order valence-corrected chi connectivity index (χ1v) is 9.36. The Hall–Kier alpha value is -3.00. The van der Waals surface area contributed by atoms with E-state index in [1.165, 1.54) is 0 Å². The van der Waals surface area contributed by atoms with E-state index in [1.807, 2.05) is 29.2 Å². The van der Waals surface area contributed by atoms with Gasteiger partial charge in [0.05, 0.1) is 17.4 Å². The highest BCUT2D eigenvalue weighted by Gasteiger charge is 2.25. The molecule has 1 fully saturated rings. The Morgan fingerprint density at radius 1 is 1.18 bits per heavy atom. The number of piperidine rings is 1. The molecule has 1 N–H and O–H groups in total. The highest BCUT2D eigenvalue weighted by molar-refractivity contribution is 5.94. The Morgan fingerprint density at radius 3 is 2.79 bits per heavy atom. The van der Waals surface area contributed by atoms with Crippen LogP contribution in [0.15, 0.2) is 42.9 Å². The van der Waals surface area contributed by atoms with Crippen LogP contribution in [0.2, 0.25) is 0 Å². The quantitative estimate of drug-likeness (QED) is 0.733.